The Bertz CT molecular complexity index is 879. The Balaban J connectivity index is 2.56. The Hall–Kier alpha value is -2.52. The summed E-state index contributed by atoms with van der Waals surface area (Å²) in [6.07, 6.45) is 0.555. The predicted octanol–water partition coefficient (Wildman–Crippen LogP) is 3.71. The third-order valence-electron chi connectivity index (χ3n) is 3.68. The van der Waals surface area contributed by atoms with Gasteiger partial charge in [0.25, 0.3) is 0 Å². The summed E-state index contributed by atoms with van der Waals surface area (Å²) < 4.78 is 21.2. The van der Waals surface area contributed by atoms with Gasteiger partial charge < -0.3 is 9.57 Å². The van der Waals surface area contributed by atoms with E-state index in [1.165, 1.54) is 14.2 Å². The second kappa shape index (κ2) is 8.04. The summed E-state index contributed by atoms with van der Waals surface area (Å²) in [5.74, 6) is 5.37. The number of ether oxygens (including phenoxy) is 1. The zero-order chi connectivity index (χ0) is 18.6. The second-order valence-corrected chi connectivity index (χ2v) is 5.67. The number of nitrogens with zero attached hydrogens (tertiary/aromatic N) is 3. The van der Waals surface area contributed by atoms with Crippen molar-refractivity contribution < 1.29 is 14.0 Å². The van der Waals surface area contributed by atoms with Gasteiger partial charge in [0.2, 0.25) is 0 Å². The number of oxime groups is 1. The van der Waals surface area contributed by atoms with Crippen LogP contribution < -0.4 is 0 Å². The lowest BCUT2D eigenvalue weighted by Gasteiger charge is -2.06. The van der Waals surface area contributed by atoms with Crippen molar-refractivity contribution >= 4 is 17.5 Å². The molecule has 0 amide bonds. The van der Waals surface area contributed by atoms with Crippen molar-refractivity contribution in [2.45, 2.75) is 20.3 Å². The fourth-order valence-corrected chi connectivity index (χ4v) is 2.69. The van der Waals surface area contributed by atoms with Gasteiger partial charge in [0.15, 0.2) is 5.82 Å². The summed E-state index contributed by atoms with van der Waals surface area (Å²) in [7, 11) is 4.56. The molecule has 0 aliphatic rings. The number of benzene rings is 1. The van der Waals surface area contributed by atoms with Crippen molar-refractivity contribution in [1.29, 1.82) is 0 Å². The van der Waals surface area contributed by atoms with Crippen LogP contribution in [0.15, 0.2) is 17.3 Å². The zero-order valence-corrected chi connectivity index (χ0v) is 15.5. The quantitative estimate of drug-likeness (QED) is 0.361. The lowest BCUT2D eigenvalue weighted by molar-refractivity contribution is 0.201. The molecule has 1 aromatic heterocycles. The van der Waals surface area contributed by atoms with Crippen LogP contribution in [-0.4, -0.2) is 29.9 Å². The van der Waals surface area contributed by atoms with Gasteiger partial charge in [0.05, 0.1) is 17.8 Å². The number of methoxy groups -OCH3 is 1. The van der Waals surface area contributed by atoms with Crippen LogP contribution >= 0.6 is 11.6 Å². The highest BCUT2D eigenvalue weighted by Gasteiger charge is 2.19. The highest BCUT2D eigenvalue weighted by atomic mass is 35.5. The molecule has 2 aromatic rings. The smallest absolute Gasteiger partial charge is 0.303 e. The Morgan fingerprint density at radius 1 is 1.40 bits per heavy atom. The number of aromatic nitrogens is 2. The van der Waals surface area contributed by atoms with E-state index in [-0.39, 0.29) is 17.4 Å². The fourth-order valence-electron chi connectivity index (χ4n) is 2.43. The van der Waals surface area contributed by atoms with E-state index in [2.05, 4.69) is 26.9 Å². The third kappa shape index (κ3) is 3.94. The highest BCUT2D eigenvalue weighted by Crippen LogP contribution is 2.31. The van der Waals surface area contributed by atoms with E-state index in [0.717, 1.165) is 5.56 Å². The van der Waals surface area contributed by atoms with Crippen LogP contribution in [0.4, 0.5) is 4.39 Å². The first-order valence-corrected chi connectivity index (χ1v) is 7.99. The Labute approximate surface area is 151 Å². The molecule has 0 fully saturated rings. The van der Waals surface area contributed by atoms with Gasteiger partial charge in [-0.15, -0.1) is 0 Å². The van der Waals surface area contributed by atoms with E-state index in [1.54, 1.807) is 23.9 Å². The van der Waals surface area contributed by atoms with E-state index in [4.69, 9.17) is 16.3 Å². The zero-order valence-electron chi connectivity index (χ0n) is 14.8. The Kier molecular flexibility index (Phi) is 6.05. The van der Waals surface area contributed by atoms with Gasteiger partial charge in [-0.1, -0.05) is 24.4 Å². The Morgan fingerprint density at radius 3 is 2.68 bits per heavy atom. The molecule has 0 saturated carbocycles. The summed E-state index contributed by atoms with van der Waals surface area (Å²) in [4.78, 5) is 4.63. The molecule has 0 radical (unpaired) electrons. The van der Waals surface area contributed by atoms with Crippen molar-refractivity contribution in [3.05, 3.63) is 39.8 Å². The molecule has 0 atom stereocenters. The first kappa shape index (κ1) is 18.8. The van der Waals surface area contributed by atoms with Crippen LogP contribution in [0.2, 0.25) is 5.02 Å². The number of aryl methyl sites for hydroxylation is 2. The molecule has 0 bridgehead atoms. The molecule has 0 spiro atoms. The summed E-state index contributed by atoms with van der Waals surface area (Å²) in [5, 5.41) is 8.39. The maximum atomic E-state index is 14.7. The van der Waals surface area contributed by atoms with Crippen LogP contribution in [0.1, 0.15) is 23.7 Å². The molecular weight excluding hydrogens is 345 g/mol. The topological polar surface area (TPSA) is 48.6 Å². The summed E-state index contributed by atoms with van der Waals surface area (Å²) in [6, 6.07) is 3.45. The lowest BCUT2D eigenvalue weighted by Crippen LogP contribution is -1.98. The molecule has 0 N–H and O–H groups in total. The van der Waals surface area contributed by atoms with Gasteiger partial charge in [-0.2, -0.15) is 5.10 Å². The minimum atomic E-state index is -0.326. The van der Waals surface area contributed by atoms with Crippen LogP contribution in [-0.2, 0) is 23.0 Å². The normalized spacial score (nSPS) is 11.1. The van der Waals surface area contributed by atoms with E-state index < -0.39 is 0 Å². The molecule has 1 aromatic carbocycles. The lowest BCUT2D eigenvalue weighted by atomic mass is 10.0. The van der Waals surface area contributed by atoms with Crippen LogP contribution in [0.5, 0.6) is 0 Å². The van der Waals surface area contributed by atoms with Crippen molar-refractivity contribution in [2.75, 3.05) is 14.2 Å². The van der Waals surface area contributed by atoms with Crippen molar-refractivity contribution in [3.63, 3.8) is 0 Å². The molecule has 0 saturated heterocycles. The predicted molar refractivity (Wildman–Crippen MR) is 96.1 cm³/mol. The molecule has 0 aliphatic heterocycles. The van der Waals surface area contributed by atoms with E-state index in [0.29, 0.717) is 28.3 Å². The van der Waals surface area contributed by atoms with Gasteiger partial charge >= 0.3 is 5.90 Å². The fraction of sp³-hybridized carbons (Fsp3) is 0.333. The van der Waals surface area contributed by atoms with Crippen LogP contribution in [0.3, 0.4) is 0 Å². The van der Waals surface area contributed by atoms with E-state index in [1.807, 2.05) is 13.8 Å². The van der Waals surface area contributed by atoms with Gasteiger partial charge in [-0.3, -0.25) is 4.68 Å². The van der Waals surface area contributed by atoms with Crippen molar-refractivity contribution in [1.82, 2.24) is 9.78 Å². The number of hydrogen-bond acceptors (Lipinski definition) is 4. The van der Waals surface area contributed by atoms with Gasteiger partial charge in [-0.05, 0) is 36.2 Å². The maximum Gasteiger partial charge on any atom is 0.303 e. The average Bonchev–Trinajstić information content (AvgIpc) is 2.86. The summed E-state index contributed by atoms with van der Waals surface area (Å²) in [6.45, 7) is 3.74. The molecule has 0 unspecified atom stereocenters. The van der Waals surface area contributed by atoms with Crippen LogP contribution in [0.25, 0.3) is 11.3 Å². The average molecular weight is 364 g/mol. The number of halogens is 2. The van der Waals surface area contributed by atoms with Crippen molar-refractivity contribution in [2.24, 2.45) is 12.2 Å². The van der Waals surface area contributed by atoms with Crippen molar-refractivity contribution in [3.8, 4) is 23.1 Å². The van der Waals surface area contributed by atoms with E-state index >= 15 is 0 Å². The van der Waals surface area contributed by atoms with Gasteiger partial charge in [0, 0.05) is 24.1 Å². The highest BCUT2D eigenvalue weighted by molar-refractivity contribution is 6.32. The Morgan fingerprint density at radius 2 is 2.12 bits per heavy atom. The van der Waals surface area contributed by atoms with Gasteiger partial charge in [-0.25, -0.2) is 4.39 Å². The molecule has 7 heteroatoms. The molecule has 2 rings (SSSR count). The molecule has 132 valence electrons. The summed E-state index contributed by atoms with van der Waals surface area (Å²) >= 11 is 6.26. The molecular formula is C18H19ClFN3O2. The monoisotopic (exact) mass is 363 g/mol. The SMILES string of the molecule is CCc1c(F)c(-c2cc(C#C/C(=N\OC)OC)c(Cl)cc2C)nn1C. The largest absolute Gasteiger partial charge is 0.473 e. The molecule has 1 heterocycles. The van der Waals surface area contributed by atoms with E-state index in [9.17, 15) is 4.39 Å². The first-order chi connectivity index (χ1) is 11.9. The molecule has 0 aliphatic carbocycles. The minimum Gasteiger partial charge on any atom is -0.473 e. The van der Waals surface area contributed by atoms with Crippen LogP contribution in [0, 0.1) is 24.6 Å². The number of rotatable bonds is 3. The first-order valence-electron chi connectivity index (χ1n) is 7.61. The van der Waals surface area contributed by atoms with Gasteiger partial charge in [0.1, 0.15) is 12.8 Å². The summed E-state index contributed by atoms with van der Waals surface area (Å²) in [5.41, 5.74) is 2.81. The minimum absolute atomic E-state index is 0.109. The maximum absolute atomic E-state index is 14.7. The molecule has 5 nitrogen and oxygen atoms in total. The third-order valence-corrected chi connectivity index (χ3v) is 3.99. The number of hydrogen-bond donors (Lipinski definition) is 0. The second-order valence-electron chi connectivity index (χ2n) is 5.27. The standard InChI is InChI=1S/C18H19ClFN3O2/c1-6-15-17(20)18(21-23(15)3)13-10-12(14(19)9-11(13)2)7-8-16(24-4)22-25-5/h9-10H,6H2,1-5H3/b22-16+. The molecule has 25 heavy (non-hydrogen) atoms.